The number of hydrogen-bond donors (Lipinski definition) is 3. The Hall–Kier alpha value is -1.39. The first-order valence-corrected chi connectivity index (χ1v) is 4.02. The fraction of sp³-hybridized carbons (Fsp3) is 0.222. The number of fused-ring (bicyclic) bond motifs is 1. The smallest absolute Gasteiger partial charge is 0.262 e. The summed E-state index contributed by atoms with van der Waals surface area (Å²) in [7, 11) is 0. The average Bonchev–Trinajstić information content (AvgIpc) is 2.41. The molecule has 1 aliphatic heterocycles. The van der Waals surface area contributed by atoms with Gasteiger partial charge in [-0.05, 0) is 6.07 Å². The summed E-state index contributed by atoms with van der Waals surface area (Å²) in [4.78, 5) is 11.3. The van der Waals surface area contributed by atoms with Gasteiger partial charge in [-0.1, -0.05) is 18.2 Å². The number of anilines is 1. The van der Waals surface area contributed by atoms with Gasteiger partial charge in [0.1, 0.15) is 0 Å². The molecule has 0 saturated carbocycles. The second-order valence-electron chi connectivity index (χ2n) is 3.06. The Bertz CT molecular complexity index is 364. The van der Waals surface area contributed by atoms with Crippen LogP contribution in [-0.2, 0) is 10.4 Å². The van der Waals surface area contributed by atoms with Crippen molar-refractivity contribution >= 4 is 11.6 Å². The van der Waals surface area contributed by atoms with Crippen LogP contribution in [0.3, 0.4) is 0 Å². The number of para-hydroxylation sites is 1. The van der Waals surface area contributed by atoms with E-state index in [9.17, 15) is 9.90 Å². The molecule has 13 heavy (non-hydrogen) atoms. The number of benzene rings is 1. The molecule has 1 aromatic rings. The Morgan fingerprint density at radius 3 is 2.85 bits per heavy atom. The molecule has 1 aliphatic rings. The highest BCUT2D eigenvalue weighted by Gasteiger charge is 2.43. The van der Waals surface area contributed by atoms with Crippen molar-refractivity contribution in [3.8, 4) is 0 Å². The minimum atomic E-state index is -1.55. The molecule has 1 atom stereocenters. The van der Waals surface area contributed by atoms with Crippen molar-refractivity contribution in [1.82, 2.24) is 0 Å². The van der Waals surface area contributed by atoms with E-state index >= 15 is 0 Å². The van der Waals surface area contributed by atoms with E-state index in [1.807, 2.05) is 0 Å². The summed E-state index contributed by atoms with van der Waals surface area (Å²) in [5.41, 5.74) is 5.01. The number of nitrogens with two attached hydrogens (primary N) is 1. The van der Waals surface area contributed by atoms with Gasteiger partial charge in [0.15, 0.2) is 5.60 Å². The number of amides is 1. The molecule has 0 radical (unpaired) electrons. The van der Waals surface area contributed by atoms with Crippen molar-refractivity contribution in [2.75, 3.05) is 11.9 Å². The Morgan fingerprint density at radius 1 is 1.46 bits per heavy atom. The van der Waals surface area contributed by atoms with Gasteiger partial charge < -0.3 is 16.2 Å². The standard InChI is InChI=1S/C9H10N2O2/c10-5-9(13)6-3-1-2-4-7(6)11-8(9)12/h1-4,13H,5,10H2,(H,11,12)/t9-/m0/s1. The van der Waals surface area contributed by atoms with Crippen molar-refractivity contribution in [1.29, 1.82) is 0 Å². The van der Waals surface area contributed by atoms with Gasteiger partial charge in [-0.25, -0.2) is 0 Å². The van der Waals surface area contributed by atoms with E-state index in [2.05, 4.69) is 5.32 Å². The number of nitrogens with one attached hydrogen (secondary N) is 1. The molecule has 0 aliphatic carbocycles. The summed E-state index contributed by atoms with van der Waals surface area (Å²) < 4.78 is 0. The van der Waals surface area contributed by atoms with Crippen LogP contribution in [-0.4, -0.2) is 17.6 Å². The monoisotopic (exact) mass is 178 g/mol. The molecule has 0 bridgehead atoms. The van der Waals surface area contributed by atoms with E-state index in [1.165, 1.54) is 0 Å². The van der Waals surface area contributed by atoms with Gasteiger partial charge in [0.25, 0.3) is 5.91 Å². The third-order valence-electron chi connectivity index (χ3n) is 2.29. The Labute approximate surface area is 75.4 Å². The molecule has 4 nitrogen and oxygen atoms in total. The molecule has 4 heteroatoms. The summed E-state index contributed by atoms with van der Waals surface area (Å²) >= 11 is 0. The molecule has 2 rings (SSSR count). The molecule has 0 fully saturated rings. The molecule has 0 aromatic heterocycles. The second-order valence-corrected chi connectivity index (χ2v) is 3.06. The third kappa shape index (κ3) is 0.961. The van der Waals surface area contributed by atoms with Crippen molar-refractivity contribution in [2.45, 2.75) is 5.60 Å². The van der Waals surface area contributed by atoms with Crippen LogP contribution in [0.4, 0.5) is 5.69 Å². The average molecular weight is 178 g/mol. The Balaban J connectivity index is 2.59. The lowest BCUT2D eigenvalue weighted by molar-refractivity contribution is -0.132. The van der Waals surface area contributed by atoms with Crippen molar-refractivity contribution in [3.05, 3.63) is 29.8 Å². The summed E-state index contributed by atoms with van der Waals surface area (Å²) in [6.45, 7) is -0.101. The van der Waals surface area contributed by atoms with Gasteiger partial charge in [-0.3, -0.25) is 4.79 Å². The summed E-state index contributed by atoms with van der Waals surface area (Å²) in [6.07, 6.45) is 0. The zero-order valence-electron chi connectivity index (χ0n) is 6.95. The lowest BCUT2D eigenvalue weighted by atomic mass is 9.96. The van der Waals surface area contributed by atoms with E-state index in [1.54, 1.807) is 24.3 Å². The molecular weight excluding hydrogens is 168 g/mol. The van der Waals surface area contributed by atoms with Gasteiger partial charge in [0.05, 0.1) is 0 Å². The number of hydrogen-bond acceptors (Lipinski definition) is 3. The minimum absolute atomic E-state index is 0.101. The first-order valence-electron chi connectivity index (χ1n) is 4.02. The summed E-state index contributed by atoms with van der Waals surface area (Å²) in [5.74, 6) is -0.448. The van der Waals surface area contributed by atoms with E-state index in [0.717, 1.165) is 0 Å². The Morgan fingerprint density at radius 2 is 2.15 bits per heavy atom. The summed E-state index contributed by atoms with van der Waals surface area (Å²) in [5, 5.41) is 12.5. The quantitative estimate of drug-likeness (QED) is 0.556. The van der Waals surface area contributed by atoms with E-state index < -0.39 is 11.5 Å². The summed E-state index contributed by atoms with van der Waals surface area (Å²) in [6, 6.07) is 6.99. The third-order valence-corrected chi connectivity index (χ3v) is 2.29. The SMILES string of the molecule is NC[C@@]1(O)C(=O)Nc2ccccc21. The molecule has 1 heterocycles. The number of rotatable bonds is 1. The van der Waals surface area contributed by atoms with Gasteiger partial charge in [0, 0.05) is 17.8 Å². The van der Waals surface area contributed by atoms with Crippen LogP contribution in [0.5, 0.6) is 0 Å². The van der Waals surface area contributed by atoms with Crippen LogP contribution in [0.2, 0.25) is 0 Å². The lowest BCUT2D eigenvalue weighted by Crippen LogP contribution is -2.41. The maximum atomic E-state index is 11.3. The first kappa shape index (κ1) is 8.22. The largest absolute Gasteiger partial charge is 0.374 e. The number of carbonyl (C=O) groups excluding carboxylic acids is 1. The maximum absolute atomic E-state index is 11.3. The fourth-order valence-electron chi connectivity index (χ4n) is 1.50. The van der Waals surface area contributed by atoms with E-state index in [4.69, 9.17) is 5.73 Å². The number of aliphatic hydroxyl groups is 1. The van der Waals surface area contributed by atoms with Gasteiger partial charge in [-0.2, -0.15) is 0 Å². The first-order chi connectivity index (χ1) is 6.18. The highest BCUT2D eigenvalue weighted by molar-refractivity contribution is 6.05. The molecule has 1 aromatic carbocycles. The molecule has 4 N–H and O–H groups in total. The predicted molar refractivity (Wildman–Crippen MR) is 48.0 cm³/mol. The van der Waals surface area contributed by atoms with E-state index in [0.29, 0.717) is 11.3 Å². The van der Waals surface area contributed by atoms with Crippen LogP contribution in [0.25, 0.3) is 0 Å². The molecule has 0 unspecified atom stereocenters. The van der Waals surface area contributed by atoms with Gasteiger partial charge in [-0.15, -0.1) is 0 Å². The topological polar surface area (TPSA) is 75.3 Å². The lowest BCUT2D eigenvalue weighted by Gasteiger charge is -2.17. The van der Waals surface area contributed by atoms with Crippen LogP contribution in [0, 0.1) is 0 Å². The van der Waals surface area contributed by atoms with Gasteiger partial charge in [0.2, 0.25) is 0 Å². The van der Waals surface area contributed by atoms with Crippen molar-refractivity contribution in [3.63, 3.8) is 0 Å². The highest BCUT2D eigenvalue weighted by atomic mass is 16.3. The predicted octanol–water partition coefficient (Wildman–Crippen LogP) is -0.215. The van der Waals surface area contributed by atoms with Crippen molar-refractivity contribution < 1.29 is 9.90 Å². The normalized spacial score (nSPS) is 25.5. The molecule has 68 valence electrons. The molecule has 1 amide bonds. The van der Waals surface area contributed by atoms with Gasteiger partial charge >= 0.3 is 0 Å². The zero-order chi connectivity index (χ0) is 9.47. The maximum Gasteiger partial charge on any atom is 0.262 e. The number of carbonyl (C=O) groups is 1. The molecular formula is C9H10N2O2. The van der Waals surface area contributed by atoms with Crippen LogP contribution < -0.4 is 11.1 Å². The zero-order valence-corrected chi connectivity index (χ0v) is 6.95. The highest BCUT2D eigenvalue weighted by Crippen LogP contribution is 2.34. The fourth-order valence-corrected chi connectivity index (χ4v) is 1.50. The van der Waals surface area contributed by atoms with Crippen LogP contribution in [0.1, 0.15) is 5.56 Å². The molecule has 0 saturated heterocycles. The van der Waals surface area contributed by atoms with E-state index in [-0.39, 0.29) is 6.54 Å². The van der Waals surface area contributed by atoms with Crippen molar-refractivity contribution in [2.24, 2.45) is 5.73 Å². The van der Waals surface area contributed by atoms with Crippen LogP contribution >= 0.6 is 0 Å². The molecule has 0 spiro atoms. The minimum Gasteiger partial charge on any atom is -0.374 e. The second kappa shape index (κ2) is 2.55. The Kier molecular flexibility index (Phi) is 1.61. The van der Waals surface area contributed by atoms with Crippen LogP contribution in [0.15, 0.2) is 24.3 Å².